The Hall–Kier alpha value is -1.30. The molecule has 1 aliphatic rings. The van der Waals surface area contributed by atoms with Crippen LogP contribution in [0.5, 0.6) is 0 Å². The summed E-state index contributed by atoms with van der Waals surface area (Å²) in [5.74, 6) is -0.468. The molecule has 0 aromatic carbocycles. The largest absolute Gasteiger partial charge is 0.465 e. The lowest BCUT2D eigenvalue weighted by atomic mass is 10.2. The van der Waals surface area contributed by atoms with Gasteiger partial charge in [-0.2, -0.15) is 0 Å². The van der Waals surface area contributed by atoms with Gasteiger partial charge in [0.2, 0.25) is 0 Å². The molecule has 0 unspecified atom stereocenters. The summed E-state index contributed by atoms with van der Waals surface area (Å²) in [6.45, 7) is 0.119. The van der Waals surface area contributed by atoms with Crippen LogP contribution in [0, 0.1) is 0 Å². The van der Waals surface area contributed by atoms with E-state index in [2.05, 4.69) is 20.9 Å². The average molecular weight is 245 g/mol. The fourth-order valence-electron chi connectivity index (χ4n) is 1.30. The number of carbonyl (C=O) groups excluding carboxylic acids is 1. The molecule has 1 aromatic heterocycles. The fourth-order valence-corrected chi connectivity index (χ4v) is 1.76. The van der Waals surface area contributed by atoms with Crippen molar-refractivity contribution in [3.8, 4) is 0 Å². The first-order valence-electron chi connectivity index (χ1n) is 3.52. The van der Waals surface area contributed by atoms with Crippen molar-refractivity contribution in [3.05, 3.63) is 21.9 Å². The molecule has 0 bridgehead atoms. The lowest BCUT2D eigenvalue weighted by molar-refractivity contribution is 0.0763. The molecule has 0 atom stereocenters. The first kappa shape index (κ1) is 8.31. The highest BCUT2D eigenvalue weighted by molar-refractivity contribution is 9.10. The highest BCUT2D eigenvalue weighted by Gasteiger charge is 2.34. The van der Waals surface area contributed by atoms with Gasteiger partial charge in [-0.05, 0) is 15.9 Å². The molecule has 0 aliphatic carbocycles. The van der Waals surface area contributed by atoms with Gasteiger partial charge in [0.1, 0.15) is 0 Å². The molecule has 0 radical (unpaired) electrons. The van der Waals surface area contributed by atoms with Crippen molar-refractivity contribution in [1.82, 2.24) is 9.88 Å². The van der Waals surface area contributed by atoms with Crippen molar-refractivity contribution >= 4 is 27.9 Å². The van der Waals surface area contributed by atoms with Gasteiger partial charge in [0.15, 0.2) is 0 Å². The van der Waals surface area contributed by atoms with Gasteiger partial charge in [-0.15, -0.1) is 0 Å². The maximum atomic E-state index is 11.4. The van der Waals surface area contributed by atoms with Gasteiger partial charge >= 0.3 is 6.09 Å². The van der Waals surface area contributed by atoms with E-state index in [9.17, 15) is 9.59 Å². The minimum Gasteiger partial charge on any atom is -0.465 e. The van der Waals surface area contributed by atoms with Crippen LogP contribution in [-0.2, 0) is 6.54 Å². The van der Waals surface area contributed by atoms with E-state index >= 15 is 0 Å². The van der Waals surface area contributed by atoms with Crippen molar-refractivity contribution < 1.29 is 14.7 Å². The molecule has 1 aliphatic heterocycles. The van der Waals surface area contributed by atoms with Crippen molar-refractivity contribution in [2.24, 2.45) is 0 Å². The third-order valence-electron chi connectivity index (χ3n) is 1.96. The standard InChI is InChI=1S/C7H5BrN2O3/c8-5-4-2-10(7(12)13)6(11)3(4)1-9-5/h1,9H,2H2,(H,12,13). The van der Waals surface area contributed by atoms with Gasteiger partial charge in [0.05, 0.1) is 16.7 Å². The molecule has 2 rings (SSSR count). The predicted molar refractivity (Wildman–Crippen MR) is 46.4 cm³/mol. The van der Waals surface area contributed by atoms with Crippen molar-refractivity contribution in [2.45, 2.75) is 6.54 Å². The summed E-state index contributed by atoms with van der Waals surface area (Å²) >= 11 is 3.19. The number of nitrogens with one attached hydrogen (secondary N) is 1. The van der Waals surface area contributed by atoms with Crippen LogP contribution in [0.15, 0.2) is 10.8 Å². The van der Waals surface area contributed by atoms with Crippen LogP contribution in [0.4, 0.5) is 4.79 Å². The van der Waals surface area contributed by atoms with Gasteiger partial charge in [-0.25, -0.2) is 9.69 Å². The molecule has 0 saturated heterocycles. The highest BCUT2D eigenvalue weighted by Crippen LogP contribution is 2.28. The lowest BCUT2D eigenvalue weighted by Gasteiger charge is -2.07. The number of H-pyrrole nitrogens is 1. The second-order valence-electron chi connectivity index (χ2n) is 2.67. The normalized spacial score (nSPS) is 14.8. The van der Waals surface area contributed by atoms with E-state index in [1.165, 1.54) is 6.20 Å². The summed E-state index contributed by atoms with van der Waals surface area (Å²) < 4.78 is 0.666. The first-order valence-corrected chi connectivity index (χ1v) is 4.31. The molecular formula is C7H5BrN2O3. The second kappa shape index (κ2) is 2.59. The third kappa shape index (κ3) is 1.06. The SMILES string of the molecule is O=C(O)N1Cc2c(c[nH]c2Br)C1=O. The van der Waals surface area contributed by atoms with Gasteiger partial charge in [-0.1, -0.05) is 0 Å². The predicted octanol–water partition coefficient (Wildman–Crippen LogP) is 1.41. The molecule has 0 spiro atoms. The van der Waals surface area contributed by atoms with Crippen LogP contribution >= 0.6 is 15.9 Å². The van der Waals surface area contributed by atoms with Gasteiger partial charge in [0, 0.05) is 11.8 Å². The zero-order valence-electron chi connectivity index (χ0n) is 6.37. The van der Waals surface area contributed by atoms with E-state index in [0.29, 0.717) is 15.7 Å². The Bertz CT molecular complexity index is 398. The molecule has 0 fully saturated rings. The van der Waals surface area contributed by atoms with Crippen LogP contribution in [0.2, 0.25) is 0 Å². The van der Waals surface area contributed by atoms with Crippen LogP contribution in [0.1, 0.15) is 15.9 Å². The number of fused-ring (bicyclic) bond motifs is 1. The van der Waals surface area contributed by atoms with Crippen LogP contribution in [0.3, 0.4) is 0 Å². The summed E-state index contributed by atoms with van der Waals surface area (Å²) in [4.78, 5) is 25.5. The van der Waals surface area contributed by atoms with Gasteiger partial charge in [0.25, 0.3) is 5.91 Å². The maximum Gasteiger partial charge on any atom is 0.414 e. The summed E-state index contributed by atoms with van der Waals surface area (Å²) in [5, 5.41) is 8.64. The fraction of sp³-hybridized carbons (Fsp3) is 0.143. The number of amides is 2. The Morgan fingerprint density at radius 2 is 2.38 bits per heavy atom. The molecule has 1 aromatic rings. The smallest absolute Gasteiger partial charge is 0.414 e. The van der Waals surface area contributed by atoms with Crippen molar-refractivity contribution in [1.29, 1.82) is 0 Å². The van der Waals surface area contributed by atoms with E-state index in [1.807, 2.05) is 0 Å². The van der Waals surface area contributed by atoms with Crippen molar-refractivity contribution in [2.75, 3.05) is 0 Å². The lowest BCUT2D eigenvalue weighted by Crippen LogP contribution is -2.29. The molecule has 13 heavy (non-hydrogen) atoms. The number of hydrogen-bond donors (Lipinski definition) is 2. The molecule has 5 nitrogen and oxygen atoms in total. The molecular weight excluding hydrogens is 240 g/mol. The van der Waals surface area contributed by atoms with Gasteiger partial charge < -0.3 is 10.1 Å². The monoisotopic (exact) mass is 244 g/mol. The Labute approximate surface area is 81.5 Å². The number of aromatic amines is 1. The maximum absolute atomic E-state index is 11.4. The molecule has 2 amide bonds. The van der Waals surface area contributed by atoms with Crippen LogP contribution in [0.25, 0.3) is 0 Å². The summed E-state index contributed by atoms with van der Waals surface area (Å²) in [5.41, 5.74) is 1.13. The number of imide groups is 1. The molecule has 2 N–H and O–H groups in total. The number of rotatable bonds is 0. The Balaban J connectivity index is 2.44. The third-order valence-corrected chi connectivity index (χ3v) is 2.66. The van der Waals surface area contributed by atoms with Crippen LogP contribution < -0.4 is 0 Å². The number of hydrogen-bond acceptors (Lipinski definition) is 2. The topological polar surface area (TPSA) is 73.4 Å². The van der Waals surface area contributed by atoms with E-state index in [-0.39, 0.29) is 6.54 Å². The molecule has 6 heteroatoms. The van der Waals surface area contributed by atoms with Crippen molar-refractivity contribution in [3.63, 3.8) is 0 Å². The Morgan fingerprint density at radius 1 is 1.69 bits per heavy atom. The quantitative estimate of drug-likeness (QED) is 0.725. The Morgan fingerprint density at radius 3 is 2.92 bits per heavy atom. The second-order valence-corrected chi connectivity index (χ2v) is 3.46. The summed E-state index contributed by atoms with van der Waals surface area (Å²) in [6.07, 6.45) is 0.290. The zero-order chi connectivity index (χ0) is 9.59. The summed E-state index contributed by atoms with van der Waals surface area (Å²) in [7, 11) is 0. The number of carboxylic acid groups (broad SMARTS) is 1. The highest BCUT2D eigenvalue weighted by atomic mass is 79.9. The Kier molecular flexibility index (Phi) is 1.66. The number of aromatic nitrogens is 1. The summed E-state index contributed by atoms with van der Waals surface area (Å²) in [6, 6.07) is 0. The average Bonchev–Trinajstić information content (AvgIpc) is 2.55. The zero-order valence-corrected chi connectivity index (χ0v) is 7.96. The van der Waals surface area contributed by atoms with E-state index in [4.69, 9.17) is 5.11 Å². The van der Waals surface area contributed by atoms with Gasteiger partial charge in [-0.3, -0.25) is 4.79 Å². The number of nitrogens with zero attached hydrogens (tertiary/aromatic N) is 1. The van der Waals surface area contributed by atoms with E-state index < -0.39 is 12.0 Å². The minimum atomic E-state index is -1.21. The first-order chi connectivity index (χ1) is 6.11. The number of halogens is 1. The van der Waals surface area contributed by atoms with E-state index in [1.54, 1.807) is 0 Å². The van der Waals surface area contributed by atoms with Crippen LogP contribution in [-0.4, -0.2) is 27.0 Å². The van der Waals surface area contributed by atoms with E-state index in [0.717, 1.165) is 4.90 Å². The minimum absolute atomic E-state index is 0.119. The molecule has 2 heterocycles. The number of carbonyl (C=O) groups is 2. The molecule has 0 saturated carbocycles. The molecule has 68 valence electrons.